The largest absolute Gasteiger partial charge is 0.497 e. The van der Waals surface area contributed by atoms with Crippen LogP contribution in [0, 0.1) is 28.6 Å². The van der Waals surface area contributed by atoms with E-state index in [2.05, 4.69) is 45.9 Å². The van der Waals surface area contributed by atoms with Crippen molar-refractivity contribution in [2.45, 2.75) is 110 Å². The summed E-state index contributed by atoms with van der Waals surface area (Å²) in [5.41, 5.74) is 4.02. The van der Waals surface area contributed by atoms with Gasteiger partial charge in [-0.05, 0) is 142 Å². The van der Waals surface area contributed by atoms with E-state index in [1.807, 2.05) is 35.2 Å². The highest BCUT2D eigenvalue weighted by Crippen LogP contribution is 2.64. The molecule has 6 aliphatic carbocycles. The summed E-state index contributed by atoms with van der Waals surface area (Å²) in [4.78, 5) is 30.2. The number of fused-ring (bicyclic) bond motifs is 10. The molecular weight excluding hydrogens is 586 g/mol. The van der Waals surface area contributed by atoms with Gasteiger partial charge in [0.2, 0.25) is 0 Å². The van der Waals surface area contributed by atoms with Gasteiger partial charge >= 0.3 is 6.09 Å². The van der Waals surface area contributed by atoms with Gasteiger partial charge in [-0.3, -0.25) is 4.79 Å². The lowest BCUT2D eigenvalue weighted by Crippen LogP contribution is -2.55. The average Bonchev–Trinajstić information content (AvgIpc) is 3.53. The second-order valence-corrected chi connectivity index (χ2v) is 16.4. The number of aliphatic hydroxyl groups excluding tert-OH is 1. The summed E-state index contributed by atoms with van der Waals surface area (Å²) >= 11 is 0. The number of nitrogens with zero attached hydrogens (tertiary/aromatic N) is 1. The highest BCUT2D eigenvalue weighted by molar-refractivity contribution is 6.10. The third-order valence-corrected chi connectivity index (χ3v) is 13.7. The molecule has 7 aliphatic rings. The number of carbonyl (C=O) groups is 2. The van der Waals surface area contributed by atoms with E-state index < -0.39 is 11.7 Å². The van der Waals surface area contributed by atoms with Gasteiger partial charge < -0.3 is 19.5 Å². The molecule has 7 unspecified atom stereocenters. The van der Waals surface area contributed by atoms with Crippen LogP contribution in [0.15, 0.2) is 54.1 Å². The van der Waals surface area contributed by atoms with Crippen LogP contribution in [-0.2, 0) is 11.2 Å². The topological polar surface area (TPSA) is 76.1 Å². The van der Waals surface area contributed by atoms with Gasteiger partial charge in [0.25, 0.3) is 0 Å². The number of benzene rings is 2. The lowest BCUT2D eigenvalue weighted by Gasteiger charge is -2.60. The van der Waals surface area contributed by atoms with Crippen molar-refractivity contribution >= 4 is 11.9 Å². The quantitative estimate of drug-likeness (QED) is 0.262. The van der Waals surface area contributed by atoms with Crippen molar-refractivity contribution in [2.75, 3.05) is 20.2 Å². The fourth-order valence-electron chi connectivity index (χ4n) is 10.5. The number of hydrogen-bond acceptors (Lipinski definition) is 5. The van der Waals surface area contributed by atoms with E-state index in [1.165, 1.54) is 24.8 Å². The highest BCUT2D eigenvalue weighted by atomic mass is 16.6. The van der Waals surface area contributed by atoms with Crippen molar-refractivity contribution in [2.24, 2.45) is 28.6 Å². The number of methoxy groups -OCH3 is 1. The minimum Gasteiger partial charge on any atom is -0.497 e. The Bertz CT molecular complexity index is 1560. The van der Waals surface area contributed by atoms with Crippen LogP contribution in [0.25, 0.3) is 0 Å². The zero-order valence-electron chi connectivity index (χ0n) is 29.0. The zero-order valence-corrected chi connectivity index (χ0v) is 29.0. The van der Waals surface area contributed by atoms with Crippen LogP contribution in [0.1, 0.15) is 118 Å². The Morgan fingerprint density at radius 3 is 2.55 bits per heavy atom. The summed E-state index contributed by atoms with van der Waals surface area (Å²) in [6, 6.07) is 13.6. The van der Waals surface area contributed by atoms with Gasteiger partial charge in [0.05, 0.1) is 19.8 Å². The number of ketones is 1. The molecule has 4 bridgehead atoms. The Hall–Kier alpha value is -3.12. The molecule has 0 radical (unpaired) electrons. The maximum Gasteiger partial charge on any atom is 0.410 e. The normalized spacial score (nSPS) is 34.7. The maximum atomic E-state index is 14.3. The summed E-state index contributed by atoms with van der Waals surface area (Å²) in [6.45, 7) is 10.8. The molecule has 252 valence electrons. The number of amides is 1. The van der Waals surface area contributed by atoms with E-state index in [0.717, 1.165) is 55.7 Å². The van der Waals surface area contributed by atoms with Crippen LogP contribution in [0.2, 0.25) is 0 Å². The van der Waals surface area contributed by atoms with Crippen molar-refractivity contribution in [3.8, 4) is 5.75 Å². The first-order valence-corrected chi connectivity index (χ1v) is 18.1. The molecule has 1 N–H and O–H groups in total. The molecule has 4 saturated carbocycles. The fourth-order valence-corrected chi connectivity index (χ4v) is 10.5. The van der Waals surface area contributed by atoms with Crippen LogP contribution in [-0.4, -0.2) is 53.8 Å². The van der Waals surface area contributed by atoms with Crippen LogP contribution >= 0.6 is 0 Å². The molecule has 1 spiro atoms. The van der Waals surface area contributed by atoms with Crippen molar-refractivity contribution in [1.82, 2.24) is 4.90 Å². The van der Waals surface area contributed by atoms with E-state index in [0.29, 0.717) is 53.5 Å². The monoisotopic (exact) mass is 639 g/mol. The molecule has 1 heterocycles. The molecule has 2 aromatic rings. The first kappa shape index (κ1) is 32.4. The molecule has 47 heavy (non-hydrogen) atoms. The number of allylic oxidation sites excluding steroid dienone is 2. The van der Waals surface area contributed by atoms with Crippen molar-refractivity contribution < 1.29 is 24.2 Å². The Labute approximate surface area is 280 Å². The Kier molecular flexibility index (Phi) is 8.34. The van der Waals surface area contributed by atoms with Gasteiger partial charge in [-0.25, -0.2) is 4.79 Å². The Balaban J connectivity index is 1.25. The Morgan fingerprint density at radius 1 is 1.04 bits per heavy atom. The van der Waals surface area contributed by atoms with Gasteiger partial charge in [-0.15, -0.1) is 0 Å². The van der Waals surface area contributed by atoms with Crippen LogP contribution in [0.5, 0.6) is 5.75 Å². The predicted molar refractivity (Wildman–Crippen MR) is 184 cm³/mol. The fraction of sp³-hybridized carbons (Fsp3) is 0.610. The van der Waals surface area contributed by atoms with Gasteiger partial charge in [-0.1, -0.05) is 44.6 Å². The molecule has 0 aromatic heterocycles. The molecule has 7 atom stereocenters. The molecule has 1 amide bonds. The van der Waals surface area contributed by atoms with Gasteiger partial charge in [-0.2, -0.15) is 0 Å². The Morgan fingerprint density at radius 2 is 1.83 bits per heavy atom. The SMILES string of the molecule is COc1ccc(C(=O)c2cc3ccc2C2CCC4(CN(CC5CCC6CC5C6(C)C)C(=O)O4)C2(C)CCC=C(C)CCC(O)C3)cc1. The molecule has 1 aliphatic heterocycles. The number of hydrogen-bond donors (Lipinski definition) is 1. The van der Waals surface area contributed by atoms with Crippen LogP contribution < -0.4 is 4.74 Å². The van der Waals surface area contributed by atoms with E-state index >= 15 is 0 Å². The maximum absolute atomic E-state index is 14.3. The summed E-state index contributed by atoms with van der Waals surface area (Å²) in [7, 11) is 1.63. The second kappa shape index (κ2) is 12.1. The van der Waals surface area contributed by atoms with Gasteiger partial charge in [0, 0.05) is 23.1 Å². The minimum atomic E-state index is -0.602. The third kappa shape index (κ3) is 5.53. The van der Waals surface area contributed by atoms with E-state index in [1.54, 1.807) is 7.11 Å². The highest BCUT2D eigenvalue weighted by Gasteiger charge is 2.64. The van der Waals surface area contributed by atoms with E-state index in [-0.39, 0.29) is 23.2 Å². The first-order valence-electron chi connectivity index (χ1n) is 18.1. The van der Waals surface area contributed by atoms with Crippen molar-refractivity contribution in [1.29, 1.82) is 0 Å². The smallest absolute Gasteiger partial charge is 0.410 e. The molecular formula is C41H53NO5. The number of rotatable bonds is 5. The number of carbonyl (C=O) groups excluding carboxylic acids is 2. The molecule has 9 rings (SSSR count). The molecule has 5 fully saturated rings. The minimum absolute atomic E-state index is 0.0195. The van der Waals surface area contributed by atoms with Crippen molar-refractivity contribution in [3.05, 3.63) is 76.4 Å². The zero-order chi connectivity index (χ0) is 33.1. The molecule has 6 nitrogen and oxygen atoms in total. The average molecular weight is 640 g/mol. The first-order chi connectivity index (χ1) is 22.4. The van der Waals surface area contributed by atoms with E-state index in [4.69, 9.17) is 9.47 Å². The lowest BCUT2D eigenvalue weighted by atomic mass is 9.45. The van der Waals surface area contributed by atoms with E-state index in [9.17, 15) is 14.7 Å². The lowest BCUT2D eigenvalue weighted by molar-refractivity contribution is -0.109. The molecule has 2 aromatic carbocycles. The van der Waals surface area contributed by atoms with Crippen molar-refractivity contribution in [3.63, 3.8) is 0 Å². The summed E-state index contributed by atoms with van der Waals surface area (Å²) in [5, 5.41) is 10.9. The molecule has 6 heteroatoms. The second-order valence-electron chi connectivity index (χ2n) is 16.4. The van der Waals surface area contributed by atoms with Crippen LogP contribution in [0.4, 0.5) is 4.79 Å². The summed E-state index contributed by atoms with van der Waals surface area (Å²) in [6.07, 6.45) is 10.9. The third-order valence-electron chi connectivity index (χ3n) is 13.7. The van der Waals surface area contributed by atoms with Gasteiger partial charge in [0.15, 0.2) is 5.78 Å². The summed E-state index contributed by atoms with van der Waals surface area (Å²) in [5.74, 6) is 2.79. The van der Waals surface area contributed by atoms with Gasteiger partial charge in [0.1, 0.15) is 11.4 Å². The summed E-state index contributed by atoms with van der Waals surface area (Å²) < 4.78 is 12.0. The van der Waals surface area contributed by atoms with Crippen LogP contribution in [0.3, 0.4) is 0 Å². The molecule has 1 saturated heterocycles. The number of aliphatic hydroxyl groups is 1. The number of ether oxygens (including phenoxy) is 2. The standard InChI is InChI=1S/C41H53NO5/c1-26-7-6-19-40(4)35(18-20-41(40)25-42(38(45)47-41)24-29-10-13-30-23-36(29)39(30,2)3)33-17-9-27(21-31(43)14-8-26)22-34(33)37(44)28-11-15-32(46-5)16-12-28/h7,9,11-12,15-17,22,29-31,35-36,43H,6,8,10,13-14,18-21,23-25H2,1-5H3. The predicted octanol–water partition coefficient (Wildman–Crippen LogP) is 8.50.